The van der Waals surface area contributed by atoms with Crippen molar-refractivity contribution in [3.63, 3.8) is 0 Å². The quantitative estimate of drug-likeness (QED) is 0.597. The van der Waals surface area contributed by atoms with Gasteiger partial charge in [0.2, 0.25) is 8.32 Å². The highest BCUT2D eigenvalue weighted by Gasteiger charge is 2.18. The van der Waals surface area contributed by atoms with Crippen molar-refractivity contribution < 1.29 is 4.80 Å². The van der Waals surface area contributed by atoms with Crippen LogP contribution in [0.15, 0.2) is 30.3 Å². The summed E-state index contributed by atoms with van der Waals surface area (Å²) in [6, 6.07) is 9.84. The summed E-state index contributed by atoms with van der Waals surface area (Å²) in [5.41, 5.74) is 0. The Bertz CT molecular complexity index is 200. The van der Waals surface area contributed by atoms with Crippen LogP contribution >= 0.6 is 0 Å². The summed E-state index contributed by atoms with van der Waals surface area (Å²) in [5.74, 6) is 0. The second-order valence-electron chi connectivity index (χ2n) is 2.93. The van der Waals surface area contributed by atoms with Gasteiger partial charge in [0.1, 0.15) is 0 Å². The average molecular weight is 152 g/mol. The van der Waals surface area contributed by atoms with Gasteiger partial charge in [-0.1, -0.05) is 30.3 Å². The van der Waals surface area contributed by atoms with Crippen LogP contribution in [0.4, 0.5) is 0 Å². The fourth-order valence-electron chi connectivity index (χ4n) is 0.846. The first-order valence-corrected chi connectivity index (χ1v) is 6.33. The molecular weight excluding hydrogens is 140 g/mol. The highest BCUT2D eigenvalue weighted by Crippen LogP contribution is 1.96. The van der Waals surface area contributed by atoms with Gasteiger partial charge in [-0.05, 0) is 18.3 Å². The van der Waals surface area contributed by atoms with Crippen molar-refractivity contribution in [3.05, 3.63) is 30.3 Å². The molecule has 0 aliphatic rings. The maximum atomic E-state index is 9.63. The van der Waals surface area contributed by atoms with Gasteiger partial charge in [-0.3, -0.25) is 0 Å². The van der Waals surface area contributed by atoms with E-state index in [1.54, 1.807) is 0 Å². The maximum Gasteiger partial charge on any atom is 0.213 e. The predicted molar refractivity (Wildman–Crippen MR) is 45.8 cm³/mol. The molecule has 0 aliphatic heterocycles. The lowest BCUT2D eigenvalue weighted by molar-refractivity contribution is 0.568. The van der Waals surface area contributed by atoms with Gasteiger partial charge in [0.05, 0.1) is 0 Å². The molecule has 0 aliphatic carbocycles. The number of hydrogen-bond donors (Lipinski definition) is 1. The summed E-state index contributed by atoms with van der Waals surface area (Å²) in [6.07, 6.45) is 0. The smallest absolute Gasteiger partial charge is 0.213 e. The standard InChI is InChI=1S/C8H12OSi/c1-10(2,9)8-6-4-3-5-7-8/h3-7,9H,1-2H3. The topological polar surface area (TPSA) is 20.2 Å². The highest BCUT2D eigenvalue weighted by molar-refractivity contribution is 6.83. The Balaban J connectivity index is 2.97. The fourth-order valence-corrected chi connectivity index (χ4v) is 1.85. The van der Waals surface area contributed by atoms with E-state index in [4.69, 9.17) is 0 Å². The van der Waals surface area contributed by atoms with Gasteiger partial charge < -0.3 is 4.80 Å². The zero-order valence-electron chi connectivity index (χ0n) is 6.33. The maximum absolute atomic E-state index is 9.63. The van der Waals surface area contributed by atoms with Gasteiger partial charge >= 0.3 is 0 Å². The monoisotopic (exact) mass is 152 g/mol. The summed E-state index contributed by atoms with van der Waals surface area (Å²) in [6.45, 7) is 3.84. The second kappa shape index (κ2) is 2.56. The van der Waals surface area contributed by atoms with Crippen LogP contribution in [-0.2, 0) is 0 Å². The molecule has 1 rings (SSSR count). The molecule has 0 saturated carbocycles. The van der Waals surface area contributed by atoms with Gasteiger partial charge in [-0.25, -0.2) is 0 Å². The summed E-state index contributed by atoms with van der Waals surface area (Å²) < 4.78 is 0. The van der Waals surface area contributed by atoms with Crippen LogP contribution < -0.4 is 5.19 Å². The molecule has 54 valence electrons. The Kier molecular flexibility index (Phi) is 1.92. The molecule has 0 heterocycles. The van der Waals surface area contributed by atoms with Gasteiger partial charge in [0.25, 0.3) is 0 Å². The molecule has 10 heavy (non-hydrogen) atoms. The van der Waals surface area contributed by atoms with E-state index in [0.29, 0.717) is 0 Å². The average Bonchev–Trinajstić information content (AvgIpc) is 1.88. The number of benzene rings is 1. The molecule has 2 heteroatoms. The van der Waals surface area contributed by atoms with Gasteiger partial charge in [0.15, 0.2) is 0 Å². The Morgan fingerprint density at radius 3 is 1.90 bits per heavy atom. The van der Waals surface area contributed by atoms with Crippen molar-refractivity contribution in [2.24, 2.45) is 0 Å². The molecule has 0 amide bonds. The van der Waals surface area contributed by atoms with Crippen molar-refractivity contribution in [1.29, 1.82) is 0 Å². The van der Waals surface area contributed by atoms with Crippen molar-refractivity contribution in [3.8, 4) is 0 Å². The molecule has 1 aromatic rings. The lowest BCUT2D eigenvalue weighted by Crippen LogP contribution is -2.40. The van der Waals surface area contributed by atoms with E-state index in [1.807, 2.05) is 43.4 Å². The van der Waals surface area contributed by atoms with Crippen LogP contribution in [0.5, 0.6) is 0 Å². The zero-order valence-corrected chi connectivity index (χ0v) is 7.33. The lowest BCUT2D eigenvalue weighted by atomic mass is 10.4. The van der Waals surface area contributed by atoms with Crippen LogP contribution in [-0.4, -0.2) is 13.1 Å². The van der Waals surface area contributed by atoms with Crippen LogP contribution in [0.1, 0.15) is 0 Å². The normalized spacial score (nSPS) is 11.5. The molecule has 0 bridgehead atoms. The molecule has 0 radical (unpaired) electrons. The van der Waals surface area contributed by atoms with Crippen LogP contribution in [0, 0.1) is 0 Å². The van der Waals surface area contributed by atoms with Crippen molar-refractivity contribution in [2.75, 3.05) is 0 Å². The molecule has 1 N–H and O–H groups in total. The summed E-state index contributed by atoms with van der Waals surface area (Å²) in [7, 11) is -2.03. The third-order valence-corrected chi connectivity index (χ3v) is 3.23. The second-order valence-corrected chi connectivity index (χ2v) is 6.62. The van der Waals surface area contributed by atoms with Crippen molar-refractivity contribution >= 4 is 13.5 Å². The third kappa shape index (κ3) is 1.69. The summed E-state index contributed by atoms with van der Waals surface area (Å²) in [5, 5.41) is 1.09. The van der Waals surface area contributed by atoms with Crippen LogP contribution in [0.25, 0.3) is 0 Å². The summed E-state index contributed by atoms with van der Waals surface area (Å²) >= 11 is 0. The molecule has 0 unspecified atom stereocenters. The van der Waals surface area contributed by atoms with E-state index in [0.717, 1.165) is 5.19 Å². The number of hydrogen-bond acceptors (Lipinski definition) is 1. The fraction of sp³-hybridized carbons (Fsp3) is 0.250. The van der Waals surface area contributed by atoms with E-state index in [-0.39, 0.29) is 0 Å². The van der Waals surface area contributed by atoms with Crippen molar-refractivity contribution in [2.45, 2.75) is 13.1 Å². The van der Waals surface area contributed by atoms with Gasteiger partial charge in [0, 0.05) is 0 Å². The lowest BCUT2D eigenvalue weighted by Gasteiger charge is -2.13. The molecular formula is C8H12OSi. The molecule has 0 saturated heterocycles. The van der Waals surface area contributed by atoms with Crippen LogP contribution in [0.2, 0.25) is 13.1 Å². The first-order chi connectivity index (χ1) is 4.61. The van der Waals surface area contributed by atoms with Crippen molar-refractivity contribution in [1.82, 2.24) is 0 Å². The molecule has 1 nitrogen and oxygen atoms in total. The van der Waals surface area contributed by atoms with E-state index in [9.17, 15) is 4.80 Å². The zero-order chi connectivity index (χ0) is 7.61. The summed E-state index contributed by atoms with van der Waals surface area (Å²) in [4.78, 5) is 9.63. The molecule has 0 aromatic heterocycles. The molecule has 0 spiro atoms. The predicted octanol–water partition coefficient (Wildman–Crippen LogP) is 1.09. The van der Waals surface area contributed by atoms with Crippen LogP contribution in [0.3, 0.4) is 0 Å². The number of rotatable bonds is 1. The highest BCUT2D eigenvalue weighted by atomic mass is 28.4. The third-order valence-electron chi connectivity index (χ3n) is 1.48. The van der Waals surface area contributed by atoms with E-state index in [2.05, 4.69) is 0 Å². The minimum Gasteiger partial charge on any atom is -0.428 e. The first-order valence-electron chi connectivity index (χ1n) is 3.38. The SMILES string of the molecule is C[Si](C)(O)c1ccccc1. The molecule has 1 aromatic carbocycles. The Morgan fingerprint density at radius 1 is 1.10 bits per heavy atom. The molecule has 0 fully saturated rings. The van der Waals surface area contributed by atoms with Gasteiger partial charge in [-0.15, -0.1) is 0 Å². The molecule has 0 atom stereocenters. The van der Waals surface area contributed by atoms with Gasteiger partial charge in [-0.2, -0.15) is 0 Å². The van der Waals surface area contributed by atoms with E-state index < -0.39 is 8.32 Å². The van der Waals surface area contributed by atoms with E-state index in [1.165, 1.54) is 0 Å². The minimum absolute atomic E-state index is 1.09. The Hall–Kier alpha value is -0.603. The Morgan fingerprint density at radius 2 is 1.60 bits per heavy atom. The largest absolute Gasteiger partial charge is 0.428 e. The first kappa shape index (κ1) is 7.50. The van der Waals surface area contributed by atoms with E-state index >= 15 is 0 Å². The Labute approximate surface area is 62.5 Å². The minimum atomic E-state index is -2.03.